The zero-order valence-electron chi connectivity index (χ0n) is 6.65. The van der Waals surface area contributed by atoms with E-state index in [-0.39, 0.29) is 0 Å². The summed E-state index contributed by atoms with van der Waals surface area (Å²) in [6.45, 7) is 10.3. The predicted molar refractivity (Wildman–Crippen MR) is 43.4 cm³/mol. The van der Waals surface area contributed by atoms with Crippen LogP contribution in [0.1, 0.15) is 27.2 Å². The van der Waals surface area contributed by atoms with Gasteiger partial charge in [-0.05, 0) is 19.3 Å². The second-order valence-corrected chi connectivity index (χ2v) is 2.38. The van der Waals surface area contributed by atoms with Gasteiger partial charge in [0.05, 0.1) is 0 Å². The molecule has 0 fully saturated rings. The molecule has 0 nitrogen and oxygen atoms in total. The second kappa shape index (κ2) is 4.37. The van der Waals surface area contributed by atoms with Crippen molar-refractivity contribution in [1.82, 2.24) is 0 Å². The van der Waals surface area contributed by atoms with Gasteiger partial charge in [-0.2, -0.15) is 0 Å². The molecule has 0 N–H and O–H groups in total. The minimum atomic E-state index is 0.640. The second-order valence-electron chi connectivity index (χ2n) is 2.38. The van der Waals surface area contributed by atoms with E-state index >= 15 is 0 Å². The van der Waals surface area contributed by atoms with E-state index in [1.165, 1.54) is 12.0 Å². The number of rotatable bonds is 3. The van der Waals surface area contributed by atoms with E-state index in [2.05, 4.69) is 26.5 Å². The normalized spacial score (nSPS) is 14.1. The van der Waals surface area contributed by atoms with E-state index in [0.29, 0.717) is 5.92 Å². The molecule has 0 spiro atoms. The zero-order valence-corrected chi connectivity index (χ0v) is 6.65. The van der Waals surface area contributed by atoms with Crippen LogP contribution in [-0.4, -0.2) is 0 Å². The van der Waals surface area contributed by atoms with Crippen molar-refractivity contribution in [2.75, 3.05) is 0 Å². The Labute approximate surface area is 58.3 Å². The molecule has 1 atom stereocenters. The molecule has 0 rings (SSSR count). The van der Waals surface area contributed by atoms with Crippen LogP contribution in [0.4, 0.5) is 0 Å². The molecule has 0 heterocycles. The Bertz CT molecular complexity index is 109. The van der Waals surface area contributed by atoms with Crippen molar-refractivity contribution in [2.24, 2.45) is 5.92 Å². The predicted octanol–water partition coefficient (Wildman–Crippen LogP) is 3.16. The van der Waals surface area contributed by atoms with Crippen LogP contribution in [0.2, 0.25) is 0 Å². The average Bonchev–Trinajstić information content (AvgIpc) is 1.87. The van der Waals surface area contributed by atoms with Gasteiger partial charge in [-0.25, -0.2) is 0 Å². The lowest BCUT2D eigenvalue weighted by molar-refractivity contribution is 0.672. The van der Waals surface area contributed by atoms with E-state index in [9.17, 15) is 0 Å². The van der Waals surface area contributed by atoms with Gasteiger partial charge in [0, 0.05) is 0 Å². The fourth-order valence-corrected chi connectivity index (χ4v) is 0.641. The highest BCUT2D eigenvalue weighted by Gasteiger charge is 1.97. The molecule has 1 unspecified atom stereocenters. The van der Waals surface area contributed by atoms with Gasteiger partial charge in [0.15, 0.2) is 0 Å². The molecular formula is C9H16. The summed E-state index contributed by atoms with van der Waals surface area (Å²) in [7, 11) is 0. The number of hydrogen-bond donors (Lipinski definition) is 0. The molecular weight excluding hydrogens is 108 g/mol. The monoisotopic (exact) mass is 124 g/mol. The molecule has 0 amide bonds. The molecule has 9 heavy (non-hydrogen) atoms. The standard InChI is InChI=1S/C9H16/c1-5-7-9(4)8(3)6-2/h5,7-8H,4,6H2,1-3H3/b7-5-. The molecule has 0 saturated carbocycles. The summed E-state index contributed by atoms with van der Waals surface area (Å²) >= 11 is 0. The summed E-state index contributed by atoms with van der Waals surface area (Å²) in [5, 5.41) is 0. The smallest absolute Gasteiger partial charge is 0.0199 e. The van der Waals surface area contributed by atoms with E-state index in [0.717, 1.165) is 0 Å². The first kappa shape index (κ1) is 8.48. The van der Waals surface area contributed by atoms with Crippen LogP contribution in [0.15, 0.2) is 24.3 Å². The molecule has 0 aromatic rings. The Kier molecular flexibility index (Phi) is 4.12. The van der Waals surface area contributed by atoms with Crippen molar-refractivity contribution in [3.63, 3.8) is 0 Å². The van der Waals surface area contributed by atoms with Gasteiger partial charge in [0.1, 0.15) is 0 Å². The first-order valence-electron chi connectivity index (χ1n) is 3.53. The minimum absolute atomic E-state index is 0.640. The SMILES string of the molecule is C=C(/C=C\C)C(C)CC. The van der Waals surface area contributed by atoms with Crippen LogP contribution in [0.3, 0.4) is 0 Å². The van der Waals surface area contributed by atoms with Crippen molar-refractivity contribution in [3.05, 3.63) is 24.3 Å². The third-order valence-electron chi connectivity index (χ3n) is 1.63. The quantitative estimate of drug-likeness (QED) is 0.507. The maximum absolute atomic E-state index is 3.93. The topological polar surface area (TPSA) is 0 Å². The van der Waals surface area contributed by atoms with Gasteiger partial charge < -0.3 is 0 Å². The Hall–Kier alpha value is -0.520. The number of hydrogen-bond acceptors (Lipinski definition) is 0. The molecule has 0 bridgehead atoms. The third kappa shape index (κ3) is 3.12. The maximum atomic E-state index is 3.93. The highest BCUT2D eigenvalue weighted by molar-refractivity contribution is 5.15. The van der Waals surface area contributed by atoms with Crippen LogP contribution >= 0.6 is 0 Å². The molecule has 0 aromatic heterocycles. The lowest BCUT2D eigenvalue weighted by atomic mass is 10.00. The van der Waals surface area contributed by atoms with E-state index in [4.69, 9.17) is 0 Å². The zero-order chi connectivity index (χ0) is 7.28. The van der Waals surface area contributed by atoms with Gasteiger partial charge in [-0.15, -0.1) is 0 Å². The lowest BCUT2D eigenvalue weighted by Gasteiger charge is -2.06. The van der Waals surface area contributed by atoms with Crippen molar-refractivity contribution in [2.45, 2.75) is 27.2 Å². The van der Waals surface area contributed by atoms with Crippen LogP contribution in [-0.2, 0) is 0 Å². The van der Waals surface area contributed by atoms with Gasteiger partial charge in [0.2, 0.25) is 0 Å². The fraction of sp³-hybridized carbons (Fsp3) is 0.556. The summed E-state index contributed by atoms with van der Waals surface area (Å²) < 4.78 is 0. The summed E-state index contributed by atoms with van der Waals surface area (Å²) in [5.74, 6) is 0.640. The van der Waals surface area contributed by atoms with Gasteiger partial charge in [0.25, 0.3) is 0 Å². The van der Waals surface area contributed by atoms with Crippen LogP contribution in [0.5, 0.6) is 0 Å². The molecule has 0 aliphatic rings. The van der Waals surface area contributed by atoms with E-state index in [1.807, 2.05) is 13.0 Å². The fourth-order valence-electron chi connectivity index (χ4n) is 0.641. The Balaban J connectivity index is 3.73. The largest absolute Gasteiger partial charge is 0.0956 e. The first-order valence-corrected chi connectivity index (χ1v) is 3.53. The van der Waals surface area contributed by atoms with Crippen molar-refractivity contribution in [3.8, 4) is 0 Å². The summed E-state index contributed by atoms with van der Waals surface area (Å²) in [6.07, 6.45) is 5.30. The Morgan fingerprint density at radius 3 is 2.56 bits per heavy atom. The molecule has 0 heteroatoms. The third-order valence-corrected chi connectivity index (χ3v) is 1.63. The van der Waals surface area contributed by atoms with Crippen LogP contribution in [0.25, 0.3) is 0 Å². The Morgan fingerprint density at radius 2 is 2.22 bits per heavy atom. The van der Waals surface area contributed by atoms with Crippen LogP contribution < -0.4 is 0 Å². The van der Waals surface area contributed by atoms with Gasteiger partial charge >= 0.3 is 0 Å². The van der Waals surface area contributed by atoms with Crippen LogP contribution in [0, 0.1) is 5.92 Å². The molecule has 52 valence electrons. The Morgan fingerprint density at radius 1 is 1.67 bits per heavy atom. The lowest BCUT2D eigenvalue weighted by Crippen LogP contribution is -1.91. The van der Waals surface area contributed by atoms with Crippen molar-refractivity contribution >= 4 is 0 Å². The van der Waals surface area contributed by atoms with Crippen molar-refractivity contribution < 1.29 is 0 Å². The molecule has 0 radical (unpaired) electrons. The minimum Gasteiger partial charge on any atom is -0.0956 e. The van der Waals surface area contributed by atoms with Gasteiger partial charge in [-0.1, -0.05) is 38.2 Å². The first-order chi connectivity index (χ1) is 4.22. The maximum Gasteiger partial charge on any atom is -0.0199 e. The molecule has 0 aliphatic carbocycles. The van der Waals surface area contributed by atoms with E-state index in [1.54, 1.807) is 0 Å². The summed E-state index contributed by atoms with van der Waals surface area (Å²) in [6, 6.07) is 0. The van der Waals surface area contributed by atoms with E-state index < -0.39 is 0 Å². The average molecular weight is 124 g/mol. The highest BCUT2D eigenvalue weighted by Crippen LogP contribution is 2.12. The number of allylic oxidation sites excluding steroid dienone is 3. The highest BCUT2D eigenvalue weighted by atomic mass is 14.0. The van der Waals surface area contributed by atoms with Crippen molar-refractivity contribution in [1.29, 1.82) is 0 Å². The summed E-state index contributed by atoms with van der Waals surface area (Å²) in [5.41, 5.74) is 1.24. The molecule has 0 saturated heterocycles. The van der Waals surface area contributed by atoms with Gasteiger partial charge in [-0.3, -0.25) is 0 Å². The molecule has 0 aromatic carbocycles. The molecule has 0 aliphatic heterocycles. The summed E-state index contributed by atoms with van der Waals surface area (Å²) in [4.78, 5) is 0.